The molecule has 2 aromatic carbocycles. The van der Waals surface area contributed by atoms with Gasteiger partial charge in [-0.1, -0.05) is 57.3 Å². The van der Waals surface area contributed by atoms with Crippen LogP contribution in [0.3, 0.4) is 0 Å². The van der Waals surface area contributed by atoms with Gasteiger partial charge in [0.25, 0.3) is 0 Å². The molecule has 0 aliphatic rings. The zero-order valence-electron chi connectivity index (χ0n) is 10.7. The quantitative estimate of drug-likeness (QED) is 0.662. The Labute approximate surface area is 140 Å². The van der Waals surface area contributed by atoms with Crippen molar-refractivity contribution in [2.75, 3.05) is 5.73 Å². The average Bonchev–Trinajstić information content (AvgIpc) is 2.84. The maximum absolute atomic E-state index is 6.24. The van der Waals surface area contributed by atoms with Crippen LogP contribution >= 0.6 is 39.1 Å². The van der Waals surface area contributed by atoms with Crippen LogP contribution in [-0.4, -0.2) is 9.78 Å². The van der Waals surface area contributed by atoms with Gasteiger partial charge in [0.15, 0.2) is 0 Å². The van der Waals surface area contributed by atoms with Crippen molar-refractivity contribution in [1.82, 2.24) is 9.78 Å². The fourth-order valence-corrected chi connectivity index (χ4v) is 2.81. The standard InChI is InChI=1S/C15H10BrCl2N3/c16-9-3-1-4-10(7-9)21-8-13(19)15(20-21)11-5-2-6-12(17)14(11)18/h1-8H,19H2. The Morgan fingerprint density at radius 2 is 1.86 bits per heavy atom. The van der Waals surface area contributed by atoms with Gasteiger partial charge >= 0.3 is 0 Å². The maximum atomic E-state index is 6.24. The third kappa shape index (κ3) is 2.79. The van der Waals surface area contributed by atoms with E-state index in [0.717, 1.165) is 15.7 Å². The molecule has 0 amide bonds. The lowest BCUT2D eigenvalue weighted by atomic mass is 10.1. The minimum atomic E-state index is 0.449. The number of halogens is 3. The molecule has 2 N–H and O–H groups in total. The molecule has 0 radical (unpaired) electrons. The Kier molecular flexibility index (Phi) is 3.93. The first kappa shape index (κ1) is 14.4. The predicted molar refractivity (Wildman–Crippen MR) is 91.1 cm³/mol. The highest BCUT2D eigenvalue weighted by molar-refractivity contribution is 9.10. The lowest BCUT2D eigenvalue weighted by Crippen LogP contribution is -1.94. The first-order valence-electron chi connectivity index (χ1n) is 6.12. The molecular weight excluding hydrogens is 373 g/mol. The highest BCUT2D eigenvalue weighted by Crippen LogP contribution is 2.35. The van der Waals surface area contributed by atoms with Crippen LogP contribution in [0.5, 0.6) is 0 Å². The maximum Gasteiger partial charge on any atom is 0.117 e. The van der Waals surface area contributed by atoms with E-state index in [-0.39, 0.29) is 0 Å². The van der Waals surface area contributed by atoms with Crippen LogP contribution in [0.25, 0.3) is 16.9 Å². The Morgan fingerprint density at radius 3 is 2.62 bits per heavy atom. The number of nitrogen functional groups attached to an aromatic ring is 1. The monoisotopic (exact) mass is 381 g/mol. The van der Waals surface area contributed by atoms with Gasteiger partial charge in [0.05, 0.1) is 27.6 Å². The van der Waals surface area contributed by atoms with Gasteiger partial charge in [-0.25, -0.2) is 4.68 Å². The molecule has 3 aromatic rings. The molecule has 3 rings (SSSR count). The summed E-state index contributed by atoms with van der Waals surface area (Å²) in [6.45, 7) is 0. The van der Waals surface area contributed by atoms with Crippen LogP contribution in [0.15, 0.2) is 53.1 Å². The number of nitrogens with two attached hydrogens (primary N) is 1. The molecule has 0 saturated heterocycles. The molecule has 1 aromatic heterocycles. The van der Waals surface area contributed by atoms with Gasteiger partial charge in [-0.3, -0.25) is 0 Å². The van der Waals surface area contributed by atoms with Crippen molar-refractivity contribution < 1.29 is 0 Å². The van der Waals surface area contributed by atoms with E-state index in [4.69, 9.17) is 28.9 Å². The fourth-order valence-electron chi connectivity index (χ4n) is 2.03. The third-order valence-electron chi connectivity index (χ3n) is 3.02. The van der Waals surface area contributed by atoms with Gasteiger partial charge in [-0.2, -0.15) is 5.10 Å². The van der Waals surface area contributed by atoms with Crippen LogP contribution in [-0.2, 0) is 0 Å². The van der Waals surface area contributed by atoms with E-state index < -0.39 is 0 Å². The topological polar surface area (TPSA) is 43.8 Å². The van der Waals surface area contributed by atoms with Gasteiger partial charge in [-0.15, -0.1) is 0 Å². The van der Waals surface area contributed by atoms with Gasteiger partial charge in [0, 0.05) is 10.0 Å². The number of nitrogens with zero attached hydrogens (tertiary/aromatic N) is 2. The number of aromatic nitrogens is 2. The largest absolute Gasteiger partial charge is 0.396 e. The second-order valence-electron chi connectivity index (χ2n) is 4.46. The van der Waals surface area contributed by atoms with Crippen molar-refractivity contribution in [1.29, 1.82) is 0 Å². The second-order valence-corrected chi connectivity index (χ2v) is 6.16. The number of anilines is 1. The number of rotatable bonds is 2. The Hall–Kier alpha value is -1.49. The van der Waals surface area contributed by atoms with E-state index in [2.05, 4.69) is 21.0 Å². The van der Waals surface area contributed by atoms with Gasteiger partial charge in [0.1, 0.15) is 5.69 Å². The third-order valence-corrected chi connectivity index (χ3v) is 4.33. The van der Waals surface area contributed by atoms with E-state index in [1.54, 1.807) is 16.9 Å². The lowest BCUT2D eigenvalue weighted by Gasteiger charge is -2.04. The molecule has 106 valence electrons. The van der Waals surface area contributed by atoms with Crippen molar-refractivity contribution in [2.45, 2.75) is 0 Å². The highest BCUT2D eigenvalue weighted by atomic mass is 79.9. The summed E-state index contributed by atoms with van der Waals surface area (Å²) in [6, 6.07) is 13.2. The Balaban J connectivity index is 2.12. The van der Waals surface area contributed by atoms with Crippen molar-refractivity contribution in [3.8, 4) is 16.9 Å². The van der Waals surface area contributed by atoms with Crippen molar-refractivity contribution >= 4 is 44.8 Å². The number of benzene rings is 2. The molecule has 0 fully saturated rings. The van der Waals surface area contributed by atoms with Crippen LogP contribution in [0.1, 0.15) is 0 Å². The molecule has 0 aliphatic heterocycles. The molecule has 0 saturated carbocycles. The van der Waals surface area contributed by atoms with Crippen molar-refractivity contribution in [3.63, 3.8) is 0 Å². The van der Waals surface area contributed by atoms with E-state index in [1.165, 1.54) is 0 Å². The van der Waals surface area contributed by atoms with Gasteiger partial charge in [0.2, 0.25) is 0 Å². The SMILES string of the molecule is Nc1cn(-c2cccc(Br)c2)nc1-c1cccc(Cl)c1Cl. The number of hydrogen-bond acceptors (Lipinski definition) is 2. The van der Waals surface area contributed by atoms with E-state index in [1.807, 2.05) is 36.4 Å². The predicted octanol–water partition coefficient (Wildman–Crippen LogP) is 5.19. The summed E-state index contributed by atoms with van der Waals surface area (Å²) < 4.78 is 2.68. The molecule has 0 unspecified atom stereocenters. The first-order valence-corrected chi connectivity index (χ1v) is 7.66. The summed E-state index contributed by atoms with van der Waals surface area (Å²) in [5.74, 6) is 0. The van der Waals surface area contributed by atoms with Crippen molar-refractivity contribution in [3.05, 3.63) is 63.2 Å². The molecular formula is C15H10BrCl2N3. The molecule has 0 aliphatic carbocycles. The zero-order chi connectivity index (χ0) is 15.0. The first-order chi connectivity index (χ1) is 10.1. The van der Waals surface area contributed by atoms with Crippen LogP contribution in [0.2, 0.25) is 10.0 Å². The van der Waals surface area contributed by atoms with E-state index in [0.29, 0.717) is 21.4 Å². The lowest BCUT2D eigenvalue weighted by molar-refractivity contribution is 0.884. The highest BCUT2D eigenvalue weighted by Gasteiger charge is 2.14. The summed E-state index contributed by atoms with van der Waals surface area (Å²) in [7, 11) is 0. The summed E-state index contributed by atoms with van der Waals surface area (Å²) >= 11 is 15.7. The fraction of sp³-hybridized carbons (Fsp3) is 0. The van der Waals surface area contributed by atoms with Gasteiger partial charge < -0.3 is 5.73 Å². The smallest absolute Gasteiger partial charge is 0.117 e. The van der Waals surface area contributed by atoms with Crippen molar-refractivity contribution in [2.24, 2.45) is 0 Å². The molecule has 0 bridgehead atoms. The molecule has 21 heavy (non-hydrogen) atoms. The van der Waals surface area contributed by atoms with Crippen LogP contribution in [0.4, 0.5) is 5.69 Å². The number of hydrogen-bond donors (Lipinski definition) is 1. The summed E-state index contributed by atoms with van der Waals surface area (Å²) in [5, 5.41) is 5.45. The Morgan fingerprint density at radius 1 is 1.10 bits per heavy atom. The van der Waals surface area contributed by atoms with E-state index >= 15 is 0 Å². The molecule has 3 nitrogen and oxygen atoms in total. The molecule has 6 heteroatoms. The summed E-state index contributed by atoms with van der Waals surface area (Å²) in [5.41, 5.74) is 8.85. The van der Waals surface area contributed by atoms with Crippen LogP contribution in [0, 0.1) is 0 Å². The van der Waals surface area contributed by atoms with E-state index in [9.17, 15) is 0 Å². The summed E-state index contributed by atoms with van der Waals surface area (Å²) in [6.07, 6.45) is 1.76. The molecule has 0 spiro atoms. The molecule has 1 heterocycles. The summed E-state index contributed by atoms with van der Waals surface area (Å²) in [4.78, 5) is 0. The molecule has 0 atom stereocenters. The van der Waals surface area contributed by atoms with Crippen LogP contribution < -0.4 is 5.73 Å². The normalized spacial score (nSPS) is 10.8. The minimum absolute atomic E-state index is 0.449. The van der Waals surface area contributed by atoms with Gasteiger partial charge in [-0.05, 0) is 24.3 Å². The minimum Gasteiger partial charge on any atom is -0.396 e. The zero-order valence-corrected chi connectivity index (χ0v) is 13.8. The average molecular weight is 383 g/mol. The Bertz CT molecular complexity index is 814. The second kappa shape index (κ2) is 5.72.